The third kappa shape index (κ3) is 5.03. The Hall–Kier alpha value is -1.31. The van der Waals surface area contributed by atoms with Crippen molar-refractivity contribution in [3.63, 3.8) is 0 Å². The fraction of sp³-hybridized carbons (Fsp3) is 0. The zero-order chi connectivity index (χ0) is 13.1. The minimum atomic E-state index is -4.64. The number of nitrogen functional groups attached to an aromatic ring is 1. The number of phosphoric acid groups is 1. The van der Waals surface area contributed by atoms with Gasteiger partial charge in [-0.15, -0.1) is 0 Å². The molecular formula is C8H10N3O4PS. The van der Waals surface area contributed by atoms with Crippen LogP contribution < -0.4 is 5.73 Å². The van der Waals surface area contributed by atoms with Gasteiger partial charge in [-0.3, -0.25) is 0 Å². The second-order valence-corrected chi connectivity index (χ2v) is 4.40. The van der Waals surface area contributed by atoms with Crippen molar-refractivity contribution in [3.8, 4) is 0 Å². The second kappa shape index (κ2) is 5.35. The van der Waals surface area contributed by atoms with E-state index in [0.29, 0.717) is 10.6 Å². The molecule has 0 radical (unpaired) electrons. The van der Waals surface area contributed by atoms with Gasteiger partial charge in [-0.2, -0.15) is 0 Å². The van der Waals surface area contributed by atoms with E-state index in [2.05, 4.69) is 9.97 Å². The maximum atomic E-state index is 8.88. The summed E-state index contributed by atoms with van der Waals surface area (Å²) in [6.07, 6.45) is 0. The van der Waals surface area contributed by atoms with Crippen molar-refractivity contribution >= 4 is 36.9 Å². The van der Waals surface area contributed by atoms with Gasteiger partial charge in [0.1, 0.15) is 4.64 Å². The first-order valence-corrected chi connectivity index (χ1v) is 6.27. The number of nitrogens with two attached hydrogens (primary N) is 1. The Kier molecular flexibility index (Phi) is 4.33. The average molecular weight is 275 g/mol. The van der Waals surface area contributed by atoms with Gasteiger partial charge in [-0.25, -0.2) is 9.55 Å². The molecule has 0 aliphatic carbocycles. The van der Waals surface area contributed by atoms with Crippen LogP contribution in [0.1, 0.15) is 0 Å². The van der Waals surface area contributed by atoms with Crippen molar-refractivity contribution in [1.29, 1.82) is 0 Å². The van der Waals surface area contributed by atoms with Crippen molar-refractivity contribution < 1.29 is 19.2 Å². The molecule has 0 atom stereocenters. The Bertz CT molecular complexity index is 615. The first-order chi connectivity index (χ1) is 7.77. The van der Waals surface area contributed by atoms with Crippen LogP contribution in [0.15, 0.2) is 24.3 Å². The van der Waals surface area contributed by atoms with Gasteiger partial charge in [-0.1, -0.05) is 24.4 Å². The van der Waals surface area contributed by atoms with Gasteiger partial charge >= 0.3 is 7.82 Å². The zero-order valence-corrected chi connectivity index (χ0v) is 10.2. The molecule has 92 valence electrons. The summed E-state index contributed by atoms with van der Waals surface area (Å²) in [6.45, 7) is 0. The van der Waals surface area contributed by atoms with Crippen LogP contribution in [0.4, 0.5) is 5.95 Å². The van der Waals surface area contributed by atoms with Crippen molar-refractivity contribution in [2.45, 2.75) is 0 Å². The molecule has 2 aromatic rings. The number of fused-ring (bicyclic) bond motifs is 1. The van der Waals surface area contributed by atoms with Crippen LogP contribution in [0, 0.1) is 4.64 Å². The minimum Gasteiger partial charge on any atom is -0.369 e. The third-order valence-electron chi connectivity index (χ3n) is 1.64. The number of hydrogen-bond acceptors (Lipinski definition) is 4. The third-order valence-corrected chi connectivity index (χ3v) is 1.95. The van der Waals surface area contributed by atoms with Crippen LogP contribution in [0.2, 0.25) is 0 Å². The quantitative estimate of drug-likeness (QED) is 0.357. The Morgan fingerprint density at radius 1 is 1.29 bits per heavy atom. The fourth-order valence-corrected chi connectivity index (χ4v) is 1.39. The molecule has 0 amide bonds. The molecule has 2 rings (SSSR count). The summed E-state index contributed by atoms with van der Waals surface area (Å²) in [5.74, 6) is 0.360. The molecule has 17 heavy (non-hydrogen) atoms. The number of para-hydroxylation sites is 1. The number of nitrogens with zero attached hydrogens (tertiary/aromatic N) is 1. The summed E-state index contributed by atoms with van der Waals surface area (Å²) in [4.78, 5) is 28.4. The van der Waals surface area contributed by atoms with Crippen LogP contribution in [0.3, 0.4) is 0 Å². The number of anilines is 1. The summed E-state index contributed by atoms with van der Waals surface area (Å²) in [7, 11) is -4.64. The molecule has 0 spiro atoms. The van der Waals surface area contributed by atoms with Gasteiger partial charge in [0.2, 0.25) is 0 Å². The predicted molar refractivity (Wildman–Crippen MR) is 65.6 cm³/mol. The number of nitrogens with one attached hydrogen (secondary N) is 1. The van der Waals surface area contributed by atoms with E-state index in [1.54, 1.807) is 0 Å². The van der Waals surface area contributed by atoms with E-state index in [4.69, 9.17) is 37.2 Å². The van der Waals surface area contributed by atoms with E-state index in [1.165, 1.54) is 0 Å². The van der Waals surface area contributed by atoms with Gasteiger partial charge in [0, 0.05) is 5.39 Å². The van der Waals surface area contributed by atoms with E-state index < -0.39 is 7.82 Å². The normalized spacial score (nSPS) is 10.8. The molecule has 9 heteroatoms. The molecule has 0 fully saturated rings. The van der Waals surface area contributed by atoms with Crippen LogP contribution in [-0.2, 0) is 4.57 Å². The van der Waals surface area contributed by atoms with E-state index in [0.717, 1.165) is 10.9 Å². The lowest BCUT2D eigenvalue weighted by atomic mass is 10.2. The van der Waals surface area contributed by atoms with Crippen molar-refractivity contribution in [2.75, 3.05) is 5.73 Å². The Morgan fingerprint density at radius 3 is 2.41 bits per heavy atom. The first kappa shape index (κ1) is 13.8. The van der Waals surface area contributed by atoms with Crippen LogP contribution >= 0.6 is 20.0 Å². The van der Waals surface area contributed by atoms with Crippen LogP contribution in [0.25, 0.3) is 10.9 Å². The van der Waals surface area contributed by atoms with E-state index in [-0.39, 0.29) is 0 Å². The Balaban J connectivity index is 0.000000249. The van der Waals surface area contributed by atoms with Gasteiger partial charge < -0.3 is 25.4 Å². The van der Waals surface area contributed by atoms with Crippen molar-refractivity contribution in [1.82, 2.24) is 9.97 Å². The smallest absolute Gasteiger partial charge is 0.369 e. The van der Waals surface area contributed by atoms with Crippen LogP contribution in [-0.4, -0.2) is 24.6 Å². The van der Waals surface area contributed by atoms with Gasteiger partial charge in [0.15, 0.2) is 5.95 Å². The highest BCUT2D eigenvalue weighted by atomic mass is 32.1. The molecule has 0 saturated heterocycles. The molecule has 0 aliphatic rings. The lowest BCUT2D eigenvalue weighted by Gasteiger charge is -1.98. The number of aromatic amines is 1. The molecule has 1 aromatic carbocycles. The fourth-order valence-electron chi connectivity index (χ4n) is 1.11. The number of benzene rings is 1. The molecule has 0 unspecified atom stereocenters. The molecule has 7 nitrogen and oxygen atoms in total. The number of aromatic nitrogens is 2. The van der Waals surface area contributed by atoms with Gasteiger partial charge in [-0.05, 0) is 12.1 Å². The molecular weight excluding hydrogens is 265 g/mol. The second-order valence-electron chi connectivity index (χ2n) is 2.99. The molecule has 1 aromatic heterocycles. The van der Waals surface area contributed by atoms with Crippen molar-refractivity contribution in [3.05, 3.63) is 28.9 Å². The minimum absolute atomic E-state index is 0.360. The molecule has 0 aliphatic heterocycles. The molecule has 6 N–H and O–H groups in total. The summed E-state index contributed by atoms with van der Waals surface area (Å²) in [5, 5.41) is 0.932. The standard InChI is InChI=1S/C8H7N3S.H3O4P/c9-8-10-6-4-2-1-3-5(6)7(12)11-8;1-5(2,3)4/h1-4H,(H3,9,10,11,12);(H3,1,2,3,4). The largest absolute Gasteiger partial charge is 0.466 e. The lowest BCUT2D eigenvalue weighted by molar-refractivity contribution is 0.275. The summed E-state index contributed by atoms with van der Waals surface area (Å²) < 4.78 is 9.43. The maximum Gasteiger partial charge on any atom is 0.466 e. The highest BCUT2D eigenvalue weighted by molar-refractivity contribution is 7.71. The van der Waals surface area contributed by atoms with Gasteiger partial charge in [0.05, 0.1) is 5.52 Å². The lowest BCUT2D eigenvalue weighted by Crippen LogP contribution is -1.94. The number of hydrogen-bond donors (Lipinski definition) is 5. The summed E-state index contributed by atoms with van der Waals surface area (Å²) >= 11 is 5.03. The average Bonchev–Trinajstić information content (AvgIpc) is 2.14. The molecule has 0 saturated carbocycles. The van der Waals surface area contributed by atoms with Gasteiger partial charge in [0.25, 0.3) is 0 Å². The predicted octanol–water partition coefficient (Wildman–Crippen LogP) is 0.946. The topological polar surface area (TPSA) is 132 Å². The maximum absolute atomic E-state index is 8.88. The summed E-state index contributed by atoms with van der Waals surface area (Å²) in [6, 6.07) is 7.68. The highest BCUT2D eigenvalue weighted by Crippen LogP contribution is 2.25. The monoisotopic (exact) mass is 275 g/mol. The van der Waals surface area contributed by atoms with E-state index >= 15 is 0 Å². The Morgan fingerprint density at radius 2 is 1.82 bits per heavy atom. The first-order valence-electron chi connectivity index (χ1n) is 4.30. The van der Waals surface area contributed by atoms with E-state index in [1.807, 2.05) is 24.3 Å². The van der Waals surface area contributed by atoms with E-state index in [9.17, 15) is 0 Å². The molecule has 0 bridgehead atoms. The number of H-pyrrole nitrogens is 1. The highest BCUT2D eigenvalue weighted by Gasteiger charge is 2.00. The van der Waals surface area contributed by atoms with Crippen molar-refractivity contribution in [2.24, 2.45) is 0 Å². The molecule has 1 heterocycles. The van der Waals surface area contributed by atoms with Crippen LogP contribution in [0.5, 0.6) is 0 Å². The summed E-state index contributed by atoms with van der Waals surface area (Å²) in [5.41, 5.74) is 6.42. The Labute approximate surface area is 101 Å². The zero-order valence-electron chi connectivity index (χ0n) is 8.44. The SMILES string of the molecule is Nc1nc(=S)c2ccccc2[nH]1.O=P(O)(O)O. The number of rotatable bonds is 0.